The molecule has 1 heterocycles. The Hall–Kier alpha value is -1.97. The number of rotatable bonds is 2. The van der Waals surface area contributed by atoms with Gasteiger partial charge in [0.2, 0.25) is 5.82 Å². The molecule has 82 valence electrons. The Morgan fingerprint density at radius 2 is 2.12 bits per heavy atom. The Morgan fingerprint density at radius 1 is 1.25 bits per heavy atom. The maximum absolute atomic E-state index is 9.51. The van der Waals surface area contributed by atoms with Crippen LogP contribution < -0.4 is 0 Å². The number of pyridine rings is 1. The van der Waals surface area contributed by atoms with E-state index >= 15 is 0 Å². The molecule has 0 saturated heterocycles. The van der Waals surface area contributed by atoms with E-state index in [1.54, 1.807) is 12.1 Å². The Bertz CT molecular complexity index is 475. The summed E-state index contributed by atoms with van der Waals surface area (Å²) in [5.41, 5.74) is 1.62. The van der Waals surface area contributed by atoms with Gasteiger partial charge in [-0.15, -0.1) is 10.2 Å². The van der Waals surface area contributed by atoms with Crippen LogP contribution in [0.25, 0.3) is 0 Å². The fourth-order valence-corrected chi connectivity index (χ4v) is 1.39. The molecule has 0 aromatic carbocycles. The molecule has 1 aromatic heterocycles. The number of allylic oxidation sites excluding steroid dienone is 3. The summed E-state index contributed by atoms with van der Waals surface area (Å²) in [5, 5.41) is 17.5. The highest BCUT2D eigenvalue weighted by Gasteiger charge is 2.01. The van der Waals surface area contributed by atoms with Crippen molar-refractivity contribution in [3.63, 3.8) is 0 Å². The van der Waals surface area contributed by atoms with Gasteiger partial charge >= 0.3 is 0 Å². The molecule has 1 N–H and O–H groups in total. The fourth-order valence-electron chi connectivity index (χ4n) is 1.39. The van der Waals surface area contributed by atoms with E-state index in [1.807, 2.05) is 19.1 Å². The number of hydrogen-bond acceptors (Lipinski definition) is 4. The SMILES string of the molecule is Cc1ccc(O)c(N=NC2=CCCC=C2)n1. The van der Waals surface area contributed by atoms with E-state index in [2.05, 4.69) is 21.3 Å². The van der Waals surface area contributed by atoms with Crippen molar-refractivity contribution < 1.29 is 5.11 Å². The minimum absolute atomic E-state index is 0.0507. The monoisotopic (exact) mass is 215 g/mol. The second-order valence-electron chi connectivity index (χ2n) is 3.60. The lowest BCUT2D eigenvalue weighted by Crippen LogP contribution is -1.82. The van der Waals surface area contributed by atoms with E-state index in [0.29, 0.717) is 0 Å². The molecular weight excluding hydrogens is 202 g/mol. The third-order valence-corrected chi connectivity index (χ3v) is 2.23. The summed E-state index contributed by atoms with van der Waals surface area (Å²) >= 11 is 0. The summed E-state index contributed by atoms with van der Waals surface area (Å²) in [6.45, 7) is 1.85. The fraction of sp³-hybridized carbons (Fsp3) is 0.250. The average Bonchev–Trinajstić information content (AvgIpc) is 2.32. The zero-order valence-electron chi connectivity index (χ0n) is 9.09. The van der Waals surface area contributed by atoms with Gasteiger partial charge in [-0.25, -0.2) is 4.98 Å². The standard InChI is InChI=1S/C12H13N3O/c1-9-7-8-11(16)12(13-9)15-14-10-5-3-2-4-6-10/h3,5-8,16H,2,4H2,1H3. The van der Waals surface area contributed by atoms with Crippen LogP contribution in [0, 0.1) is 6.92 Å². The maximum atomic E-state index is 9.51. The van der Waals surface area contributed by atoms with E-state index in [-0.39, 0.29) is 11.6 Å². The molecular formula is C12H13N3O. The zero-order valence-corrected chi connectivity index (χ0v) is 9.09. The van der Waals surface area contributed by atoms with Gasteiger partial charge in [-0.1, -0.05) is 12.2 Å². The van der Waals surface area contributed by atoms with Gasteiger partial charge in [0, 0.05) is 5.69 Å². The van der Waals surface area contributed by atoms with Gasteiger partial charge in [-0.3, -0.25) is 0 Å². The molecule has 0 amide bonds. The van der Waals surface area contributed by atoms with E-state index < -0.39 is 0 Å². The summed E-state index contributed by atoms with van der Waals surface area (Å²) in [7, 11) is 0. The summed E-state index contributed by atoms with van der Waals surface area (Å²) in [4.78, 5) is 4.10. The first-order valence-electron chi connectivity index (χ1n) is 5.21. The van der Waals surface area contributed by atoms with Crippen molar-refractivity contribution in [2.75, 3.05) is 0 Å². The number of aromatic hydroxyl groups is 1. The third kappa shape index (κ3) is 2.53. The van der Waals surface area contributed by atoms with E-state index in [4.69, 9.17) is 0 Å². The Kier molecular flexibility index (Phi) is 3.10. The van der Waals surface area contributed by atoms with Gasteiger partial charge in [0.15, 0.2) is 5.75 Å². The smallest absolute Gasteiger partial charge is 0.216 e. The Morgan fingerprint density at radius 3 is 2.88 bits per heavy atom. The predicted molar refractivity (Wildman–Crippen MR) is 61.6 cm³/mol. The lowest BCUT2D eigenvalue weighted by Gasteiger charge is -2.00. The number of azo groups is 1. The highest BCUT2D eigenvalue weighted by atomic mass is 16.3. The van der Waals surface area contributed by atoms with Crippen molar-refractivity contribution in [3.05, 3.63) is 41.8 Å². The minimum atomic E-state index is 0.0507. The zero-order chi connectivity index (χ0) is 11.4. The molecule has 0 atom stereocenters. The number of nitrogens with zero attached hydrogens (tertiary/aromatic N) is 3. The Labute approximate surface area is 94.1 Å². The third-order valence-electron chi connectivity index (χ3n) is 2.23. The maximum Gasteiger partial charge on any atom is 0.216 e. The lowest BCUT2D eigenvalue weighted by atomic mass is 10.2. The van der Waals surface area contributed by atoms with Crippen molar-refractivity contribution in [2.24, 2.45) is 10.2 Å². The lowest BCUT2D eigenvalue weighted by molar-refractivity contribution is 0.473. The van der Waals surface area contributed by atoms with E-state index in [0.717, 1.165) is 24.2 Å². The van der Waals surface area contributed by atoms with Crippen LogP contribution in [-0.2, 0) is 0 Å². The quantitative estimate of drug-likeness (QED) is 0.768. The molecule has 1 aliphatic carbocycles. The molecule has 2 rings (SSSR count). The molecule has 4 heteroatoms. The number of aryl methyl sites for hydroxylation is 1. The summed E-state index contributed by atoms with van der Waals surface area (Å²) < 4.78 is 0. The largest absolute Gasteiger partial charge is 0.504 e. The molecule has 0 unspecified atom stereocenters. The normalized spacial score (nSPS) is 15.4. The topological polar surface area (TPSA) is 57.8 Å². The van der Waals surface area contributed by atoms with Crippen LogP contribution in [0.5, 0.6) is 5.75 Å². The molecule has 4 nitrogen and oxygen atoms in total. The van der Waals surface area contributed by atoms with Crippen molar-refractivity contribution in [1.29, 1.82) is 0 Å². The predicted octanol–water partition coefficient (Wildman–Crippen LogP) is 3.41. The second-order valence-corrected chi connectivity index (χ2v) is 3.60. The van der Waals surface area contributed by atoms with Crippen LogP contribution in [0.4, 0.5) is 5.82 Å². The molecule has 0 fully saturated rings. The van der Waals surface area contributed by atoms with E-state index in [9.17, 15) is 5.11 Å². The molecule has 1 aliphatic rings. The van der Waals surface area contributed by atoms with Crippen molar-refractivity contribution in [3.8, 4) is 5.75 Å². The average molecular weight is 215 g/mol. The number of aromatic nitrogens is 1. The van der Waals surface area contributed by atoms with Crippen LogP contribution >= 0.6 is 0 Å². The van der Waals surface area contributed by atoms with Crippen molar-refractivity contribution in [1.82, 2.24) is 4.98 Å². The van der Waals surface area contributed by atoms with Crippen molar-refractivity contribution in [2.45, 2.75) is 19.8 Å². The molecule has 16 heavy (non-hydrogen) atoms. The van der Waals surface area contributed by atoms with Crippen LogP contribution in [0.1, 0.15) is 18.5 Å². The number of hydrogen-bond donors (Lipinski definition) is 1. The first-order valence-corrected chi connectivity index (χ1v) is 5.21. The molecule has 0 radical (unpaired) electrons. The van der Waals surface area contributed by atoms with Gasteiger partial charge in [0.25, 0.3) is 0 Å². The van der Waals surface area contributed by atoms with Gasteiger partial charge < -0.3 is 5.11 Å². The summed E-state index contributed by atoms with van der Waals surface area (Å²) in [6.07, 6.45) is 8.01. The van der Waals surface area contributed by atoms with Crippen LogP contribution in [0.3, 0.4) is 0 Å². The first-order chi connectivity index (χ1) is 7.75. The van der Waals surface area contributed by atoms with Gasteiger partial charge in [-0.05, 0) is 38.0 Å². The molecule has 0 aliphatic heterocycles. The van der Waals surface area contributed by atoms with Gasteiger partial charge in [-0.2, -0.15) is 0 Å². The van der Waals surface area contributed by atoms with Crippen LogP contribution in [-0.4, -0.2) is 10.1 Å². The Balaban J connectivity index is 2.19. The van der Waals surface area contributed by atoms with Crippen LogP contribution in [0.15, 0.2) is 46.3 Å². The van der Waals surface area contributed by atoms with Crippen LogP contribution in [0.2, 0.25) is 0 Å². The minimum Gasteiger partial charge on any atom is -0.504 e. The molecule has 0 saturated carbocycles. The summed E-state index contributed by atoms with van der Waals surface area (Å²) in [5.74, 6) is 0.314. The molecule has 0 bridgehead atoms. The summed E-state index contributed by atoms with van der Waals surface area (Å²) in [6, 6.07) is 3.30. The molecule has 1 aromatic rings. The van der Waals surface area contributed by atoms with Gasteiger partial charge in [0.1, 0.15) is 0 Å². The van der Waals surface area contributed by atoms with Crippen molar-refractivity contribution >= 4 is 5.82 Å². The highest BCUT2D eigenvalue weighted by molar-refractivity contribution is 5.44. The van der Waals surface area contributed by atoms with Gasteiger partial charge in [0.05, 0.1) is 5.70 Å². The highest BCUT2D eigenvalue weighted by Crippen LogP contribution is 2.24. The molecule has 0 spiro atoms. The van der Waals surface area contributed by atoms with E-state index in [1.165, 1.54) is 0 Å². The second kappa shape index (κ2) is 4.70. The first kappa shape index (κ1) is 10.5.